The van der Waals surface area contributed by atoms with Gasteiger partial charge >= 0.3 is 0 Å². The topological polar surface area (TPSA) is 72.4 Å². The minimum absolute atomic E-state index is 0.178. The predicted octanol–water partition coefficient (Wildman–Crippen LogP) is 3.49. The largest absolute Gasteiger partial charge is 0.467 e. The normalized spacial score (nSPS) is 18.9. The van der Waals surface area contributed by atoms with Crippen molar-refractivity contribution in [3.8, 4) is 28.8 Å². The van der Waals surface area contributed by atoms with E-state index in [0.29, 0.717) is 36.0 Å². The third-order valence-electron chi connectivity index (χ3n) is 5.56. The number of rotatable bonds is 7. The van der Waals surface area contributed by atoms with Crippen LogP contribution in [-0.4, -0.2) is 59.7 Å². The van der Waals surface area contributed by atoms with E-state index >= 15 is 0 Å². The monoisotopic (exact) mass is 421 g/mol. The Kier molecular flexibility index (Phi) is 7.00. The van der Waals surface area contributed by atoms with E-state index in [0.717, 1.165) is 36.3 Å². The molecule has 2 fully saturated rings. The molecule has 1 aromatic heterocycles. The van der Waals surface area contributed by atoms with E-state index in [-0.39, 0.29) is 6.79 Å². The van der Waals surface area contributed by atoms with Crippen LogP contribution in [0.2, 0.25) is 0 Å². The van der Waals surface area contributed by atoms with Crippen LogP contribution in [0.15, 0.2) is 18.2 Å². The second-order valence-electron chi connectivity index (χ2n) is 8.32. The number of likely N-dealkylation sites (N-methyl/N-ethyl adjacent to an activating group) is 1. The number of aryl methyl sites for hydroxylation is 1. The van der Waals surface area contributed by atoms with Crippen molar-refractivity contribution in [2.75, 3.05) is 38.9 Å². The van der Waals surface area contributed by atoms with Crippen molar-refractivity contribution in [1.29, 1.82) is 0 Å². The molecule has 1 aliphatic carbocycles. The molecule has 0 amide bonds. The van der Waals surface area contributed by atoms with E-state index in [1.165, 1.54) is 19.3 Å². The summed E-state index contributed by atoms with van der Waals surface area (Å²) in [5, 5.41) is 12.3. The summed E-state index contributed by atoms with van der Waals surface area (Å²) in [4.78, 5) is 7.00. The van der Waals surface area contributed by atoms with Crippen LogP contribution in [-0.2, 0) is 4.74 Å². The average molecular weight is 422 g/mol. The number of likely N-dealkylation sites (tertiary alicyclic amines) is 1. The van der Waals surface area contributed by atoms with Gasteiger partial charge < -0.3 is 19.7 Å². The highest BCUT2D eigenvalue weighted by Crippen LogP contribution is 2.32. The van der Waals surface area contributed by atoms with Crippen LogP contribution in [0.4, 0.5) is 5.95 Å². The summed E-state index contributed by atoms with van der Waals surface area (Å²) in [6.07, 6.45) is 4.70. The lowest BCUT2D eigenvalue weighted by atomic mass is 10.1. The standard InChI is InChI=1S/C24H31N5O2/c1-4-30-16-31-22-14-19(10-9-18-7-8-18)11-12-21(22)23-17(2)25-24(28-27-23)26-20-6-5-13-29(3)15-20/h11-12,14,18,20H,4-8,13,15-16H2,1-3H3,(H,25,26,28). The van der Waals surface area contributed by atoms with Gasteiger partial charge in [-0.25, -0.2) is 4.98 Å². The van der Waals surface area contributed by atoms with Gasteiger partial charge in [0.25, 0.3) is 0 Å². The summed E-state index contributed by atoms with van der Waals surface area (Å²) >= 11 is 0. The van der Waals surface area contributed by atoms with Crippen LogP contribution in [0, 0.1) is 24.7 Å². The summed E-state index contributed by atoms with van der Waals surface area (Å²) in [7, 11) is 2.14. The summed E-state index contributed by atoms with van der Waals surface area (Å²) in [6.45, 7) is 6.79. The molecule has 4 rings (SSSR count). The molecule has 164 valence electrons. The van der Waals surface area contributed by atoms with Crippen molar-refractivity contribution in [2.45, 2.75) is 45.6 Å². The van der Waals surface area contributed by atoms with Gasteiger partial charge in [0.05, 0.1) is 5.69 Å². The quantitative estimate of drug-likeness (QED) is 0.417. The molecule has 7 nitrogen and oxygen atoms in total. The number of piperidine rings is 1. The Hall–Kier alpha value is -2.69. The van der Waals surface area contributed by atoms with Gasteiger partial charge in [0.15, 0.2) is 6.79 Å². The molecule has 1 aliphatic heterocycles. The van der Waals surface area contributed by atoms with E-state index in [1.54, 1.807) is 0 Å². The molecule has 1 saturated carbocycles. The van der Waals surface area contributed by atoms with Gasteiger partial charge in [0.2, 0.25) is 5.95 Å². The van der Waals surface area contributed by atoms with Crippen LogP contribution in [0.1, 0.15) is 43.9 Å². The van der Waals surface area contributed by atoms with E-state index in [9.17, 15) is 0 Å². The van der Waals surface area contributed by atoms with Crippen molar-refractivity contribution in [3.05, 3.63) is 29.5 Å². The predicted molar refractivity (Wildman–Crippen MR) is 121 cm³/mol. The summed E-state index contributed by atoms with van der Waals surface area (Å²) < 4.78 is 11.3. The molecule has 2 aliphatic rings. The number of nitrogens with zero attached hydrogens (tertiary/aromatic N) is 4. The average Bonchev–Trinajstić information content (AvgIpc) is 3.58. The van der Waals surface area contributed by atoms with Gasteiger partial charge in [0.1, 0.15) is 11.4 Å². The minimum atomic E-state index is 0.178. The molecular weight excluding hydrogens is 390 g/mol. The van der Waals surface area contributed by atoms with Gasteiger partial charge in [-0.15, -0.1) is 10.2 Å². The van der Waals surface area contributed by atoms with E-state index in [4.69, 9.17) is 9.47 Å². The lowest BCUT2D eigenvalue weighted by molar-refractivity contribution is 0.0227. The van der Waals surface area contributed by atoms with Crippen molar-refractivity contribution in [2.24, 2.45) is 5.92 Å². The Morgan fingerprint density at radius 2 is 2.10 bits per heavy atom. The zero-order valence-corrected chi connectivity index (χ0v) is 18.6. The smallest absolute Gasteiger partial charge is 0.243 e. The fraction of sp³-hybridized carbons (Fsp3) is 0.542. The van der Waals surface area contributed by atoms with Crippen LogP contribution in [0.25, 0.3) is 11.3 Å². The van der Waals surface area contributed by atoms with Crippen molar-refractivity contribution < 1.29 is 9.47 Å². The summed E-state index contributed by atoms with van der Waals surface area (Å²) in [5.41, 5.74) is 3.29. The summed E-state index contributed by atoms with van der Waals surface area (Å²) in [5.74, 6) is 8.36. The third-order valence-corrected chi connectivity index (χ3v) is 5.56. The zero-order chi connectivity index (χ0) is 21.6. The summed E-state index contributed by atoms with van der Waals surface area (Å²) in [6, 6.07) is 6.29. The molecule has 1 aromatic carbocycles. The van der Waals surface area contributed by atoms with Gasteiger partial charge in [0, 0.05) is 36.2 Å². The van der Waals surface area contributed by atoms with Crippen molar-refractivity contribution in [1.82, 2.24) is 20.1 Å². The van der Waals surface area contributed by atoms with Crippen molar-refractivity contribution in [3.63, 3.8) is 0 Å². The second kappa shape index (κ2) is 10.1. The van der Waals surface area contributed by atoms with E-state index in [1.807, 2.05) is 32.0 Å². The Balaban J connectivity index is 1.55. The molecule has 0 bridgehead atoms. The van der Waals surface area contributed by atoms with Gasteiger partial charge in [-0.1, -0.05) is 11.8 Å². The molecule has 2 heterocycles. The number of aromatic nitrogens is 3. The fourth-order valence-electron chi connectivity index (χ4n) is 3.70. The molecule has 1 saturated heterocycles. The van der Waals surface area contributed by atoms with Crippen LogP contribution < -0.4 is 10.1 Å². The van der Waals surface area contributed by atoms with E-state index in [2.05, 4.69) is 44.3 Å². The Bertz CT molecular complexity index is 964. The highest BCUT2D eigenvalue weighted by atomic mass is 16.7. The number of nitrogens with one attached hydrogen (secondary N) is 1. The zero-order valence-electron chi connectivity index (χ0n) is 18.6. The molecule has 1 N–H and O–H groups in total. The van der Waals surface area contributed by atoms with Crippen LogP contribution in [0.5, 0.6) is 5.75 Å². The molecule has 2 aromatic rings. The number of benzene rings is 1. The van der Waals surface area contributed by atoms with Gasteiger partial charge in [-0.2, -0.15) is 0 Å². The molecule has 1 atom stereocenters. The fourth-order valence-corrected chi connectivity index (χ4v) is 3.70. The van der Waals surface area contributed by atoms with Gasteiger partial charge in [-0.05, 0) is 71.3 Å². The highest BCUT2D eigenvalue weighted by molar-refractivity contribution is 5.70. The SMILES string of the molecule is CCOCOc1cc(C#CC2CC2)ccc1-c1nnc(NC2CCCN(C)C2)nc1C. The molecule has 1 unspecified atom stereocenters. The second-order valence-corrected chi connectivity index (χ2v) is 8.32. The number of hydrogen-bond donors (Lipinski definition) is 1. The Labute approximate surface area is 184 Å². The first kappa shape index (κ1) is 21.5. The maximum Gasteiger partial charge on any atom is 0.243 e. The number of ether oxygens (including phenoxy) is 2. The first-order chi connectivity index (χ1) is 15.1. The van der Waals surface area contributed by atoms with E-state index < -0.39 is 0 Å². The molecule has 31 heavy (non-hydrogen) atoms. The first-order valence-electron chi connectivity index (χ1n) is 11.1. The minimum Gasteiger partial charge on any atom is -0.467 e. The molecule has 7 heteroatoms. The lowest BCUT2D eigenvalue weighted by Crippen LogP contribution is -2.40. The first-order valence-corrected chi connectivity index (χ1v) is 11.1. The van der Waals surface area contributed by atoms with Crippen molar-refractivity contribution >= 4 is 5.95 Å². The van der Waals surface area contributed by atoms with Crippen LogP contribution >= 0.6 is 0 Å². The number of anilines is 1. The highest BCUT2D eigenvalue weighted by Gasteiger charge is 2.20. The molecular formula is C24H31N5O2. The van der Waals surface area contributed by atoms with Crippen LogP contribution in [0.3, 0.4) is 0 Å². The maximum absolute atomic E-state index is 5.91. The maximum atomic E-state index is 5.91. The molecule has 0 spiro atoms. The lowest BCUT2D eigenvalue weighted by Gasteiger charge is -2.30. The Morgan fingerprint density at radius 1 is 1.23 bits per heavy atom. The Morgan fingerprint density at radius 3 is 2.84 bits per heavy atom. The third kappa shape index (κ3) is 5.93. The number of hydrogen-bond acceptors (Lipinski definition) is 7. The van der Waals surface area contributed by atoms with Gasteiger partial charge in [-0.3, -0.25) is 0 Å². The molecule has 0 radical (unpaired) electrons.